The van der Waals surface area contributed by atoms with Gasteiger partial charge in [-0.25, -0.2) is 0 Å². The summed E-state index contributed by atoms with van der Waals surface area (Å²) in [6.45, 7) is 6.86. The van der Waals surface area contributed by atoms with Gasteiger partial charge >= 0.3 is 0 Å². The smallest absolute Gasteiger partial charge is 0.225 e. The van der Waals surface area contributed by atoms with Gasteiger partial charge in [-0.2, -0.15) is 0 Å². The van der Waals surface area contributed by atoms with E-state index >= 15 is 0 Å². The summed E-state index contributed by atoms with van der Waals surface area (Å²) in [6.07, 6.45) is 0.228. The van der Waals surface area contributed by atoms with Crippen molar-refractivity contribution in [3.05, 3.63) is 0 Å². The first-order valence-electron chi connectivity index (χ1n) is 6.48. The Morgan fingerprint density at radius 1 is 1.26 bits per heavy atom. The van der Waals surface area contributed by atoms with Crippen molar-refractivity contribution in [2.24, 2.45) is 5.41 Å². The Morgan fingerprint density at radius 3 is 2.37 bits per heavy atom. The normalized spacial score (nSPS) is 11.2. The molecular formula is C13H26N2O4. The molecule has 112 valence electrons. The average Bonchev–Trinajstić information content (AvgIpc) is 2.32. The first-order chi connectivity index (χ1) is 8.82. The maximum atomic E-state index is 11.9. The van der Waals surface area contributed by atoms with Crippen LogP contribution >= 0.6 is 0 Å². The molecular weight excluding hydrogens is 248 g/mol. The number of hydrogen-bond donors (Lipinski definition) is 2. The molecule has 0 atom stereocenters. The van der Waals surface area contributed by atoms with Crippen molar-refractivity contribution in [3.8, 4) is 0 Å². The van der Waals surface area contributed by atoms with Gasteiger partial charge in [0.05, 0.1) is 13.2 Å². The van der Waals surface area contributed by atoms with Gasteiger partial charge in [0.1, 0.15) is 0 Å². The summed E-state index contributed by atoms with van der Waals surface area (Å²) < 4.78 is 4.91. The summed E-state index contributed by atoms with van der Waals surface area (Å²) in [4.78, 5) is 25.0. The van der Waals surface area contributed by atoms with Crippen LogP contribution in [0, 0.1) is 5.41 Å². The molecule has 0 rings (SSSR count). The molecule has 6 nitrogen and oxygen atoms in total. The van der Waals surface area contributed by atoms with Crippen LogP contribution in [-0.4, -0.2) is 61.8 Å². The lowest BCUT2D eigenvalue weighted by Crippen LogP contribution is -2.40. The van der Waals surface area contributed by atoms with Crippen molar-refractivity contribution in [3.63, 3.8) is 0 Å². The number of carbonyl (C=O) groups is 2. The topological polar surface area (TPSA) is 78.9 Å². The van der Waals surface area contributed by atoms with Gasteiger partial charge in [-0.3, -0.25) is 9.59 Å². The van der Waals surface area contributed by atoms with Crippen molar-refractivity contribution in [2.45, 2.75) is 27.2 Å². The highest BCUT2D eigenvalue weighted by Crippen LogP contribution is 2.12. The summed E-state index contributed by atoms with van der Waals surface area (Å²) >= 11 is 0. The van der Waals surface area contributed by atoms with Gasteiger partial charge in [-0.05, 0) is 0 Å². The fourth-order valence-corrected chi connectivity index (χ4v) is 1.39. The van der Waals surface area contributed by atoms with E-state index in [0.29, 0.717) is 19.7 Å². The molecule has 0 aromatic heterocycles. The predicted molar refractivity (Wildman–Crippen MR) is 72.6 cm³/mol. The van der Waals surface area contributed by atoms with Gasteiger partial charge in [0, 0.05) is 38.6 Å². The SMILES string of the molecule is COCCN(CCO)C(=O)CCNC(=O)C(C)(C)C. The number of aliphatic hydroxyl groups is 1. The van der Waals surface area contributed by atoms with Crippen LogP contribution in [0.5, 0.6) is 0 Å². The van der Waals surface area contributed by atoms with Crippen LogP contribution in [0.1, 0.15) is 27.2 Å². The molecule has 2 N–H and O–H groups in total. The second kappa shape index (κ2) is 8.87. The number of nitrogens with zero attached hydrogens (tertiary/aromatic N) is 1. The van der Waals surface area contributed by atoms with Crippen molar-refractivity contribution in [1.82, 2.24) is 10.2 Å². The lowest BCUT2D eigenvalue weighted by Gasteiger charge is -2.22. The van der Waals surface area contributed by atoms with Crippen LogP contribution in [-0.2, 0) is 14.3 Å². The fraction of sp³-hybridized carbons (Fsp3) is 0.846. The van der Waals surface area contributed by atoms with Crippen molar-refractivity contribution in [1.29, 1.82) is 0 Å². The molecule has 0 aliphatic rings. The van der Waals surface area contributed by atoms with E-state index in [1.165, 1.54) is 4.90 Å². The summed E-state index contributed by atoms with van der Waals surface area (Å²) in [5, 5.41) is 11.6. The molecule has 0 radical (unpaired) electrons. The molecule has 0 aromatic carbocycles. The molecule has 0 saturated carbocycles. The number of nitrogens with one attached hydrogen (secondary N) is 1. The maximum Gasteiger partial charge on any atom is 0.225 e. The van der Waals surface area contributed by atoms with Gasteiger partial charge in [0.25, 0.3) is 0 Å². The largest absolute Gasteiger partial charge is 0.395 e. The highest BCUT2D eigenvalue weighted by atomic mass is 16.5. The number of amides is 2. The molecule has 19 heavy (non-hydrogen) atoms. The number of hydrogen-bond acceptors (Lipinski definition) is 4. The molecule has 0 heterocycles. The molecule has 0 bridgehead atoms. The zero-order chi connectivity index (χ0) is 14.9. The van der Waals surface area contributed by atoms with Crippen molar-refractivity contribution < 1.29 is 19.4 Å². The number of aliphatic hydroxyl groups excluding tert-OH is 1. The molecule has 0 fully saturated rings. The Balaban J connectivity index is 4.08. The van der Waals surface area contributed by atoms with Gasteiger partial charge < -0.3 is 20.1 Å². The van der Waals surface area contributed by atoms with E-state index in [4.69, 9.17) is 9.84 Å². The predicted octanol–water partition coefficient (Wildman–Crippen LogP) is 0.00610. The standard InChI is InChI=1S/C13H26N2O4/c1-13(2,3)12(18)14-6-5-11(17)15(7-9-16)8-10-19-4/h16H,5-10H2,1-4H3,(H,14,18). The third kappa shape index (κ3) is 7.79. The Labute approximate surface area is 115 Å². The number of ether oxygens (including phenoxy) is 1. The van der Waals surface area contributed by atoms with Crippen LogP contribution in [0.4, 0.5) is 0 Å². The van der Waals surface area contributed by atoms with Gasteiger partial charge in [0.15, 0.2) is 0 Å². The molecule has 0 aliphatic carbocycles. The molecule has 2 amide bonds. The summed E-state index contributed by atoms with van der Waals surface area (Å²) in [6, 6.07) is 0. The zero-order valence-electron chi connectivity index (χ0n) is 12.4. The van der Waals surface area contributed by atoms with Crippen LogP contribution in [0.3, 0.4) is 0 Å². The molecule has 0 aliphatic heterocycles. The summed E-state index contributed by atoms with van der Waals surface area (Å²) in [7, 11) is 1.56. The Bertz CT molecular complexity index is 287. The average molecular weight is 274 g/mol. The molecule has 6 heteroatoms. The number of rotatable bonds is 8. The molecule has 0 saturated heterocycles. The lowest BCUT2D eigenvalue weighted by atomic mass is 9.96. The third-order valence-electron chi connectivity index (χ3n) is 2.59. The minimum atomic E-state index is -0.454. The highest BCUT2D eigenvalue weighted by Gasteiger charge is 2.21. The second-order valence-electron chi connectivity index (χ2n) is 5.35. The lowest BCUT2D eigenvalue weighted by molar-refractivity contribution is -0.132. The van der Waals surface area contributed by atoms with E-state index in [1.54, 1.807) is 7.11 Å². The van der Waals surface area contributed by atoms with E-state index in [0.717, 1.165) is 0 Å². The van der Waals surface area contributed by atoms with Gasteiger partial charge in [-0.15, -0.1) is 0 Å². The van der Waals surface area contributed by atoms with Gasteiger partial charge in [0.2, 0.25) is 11.8 Å². The van der Waals surface area contributed by atoms with E-state index in [2.05, 4.69) is 5.32 Å². The number of methoxy groups -OCH3 is 1. The van der Waals surface area contributed by atoms with E-state index in [1.807, 2.05) is 20.8 Å². The Hall–Kier alpha value is -1.14. The van der Waals surface area contributed by atoms with Crippen LogP contribution in [0.2, 0.25) is 0 Å². The maximum absolute atomic E-state index is 11.9. The number of carbonyl (C=O) groups excluding carboxylic acids is 2. The first-order valence-corrected chi connectivity index (χ1v) is 6.48. The van der Waals surface area contributed by atoms with Crippen molar-refractivity contribution in [2.75, 3.05) is 40.0 Å². The molecule has 0 spiro atoms. The Morgan fingerprint density at radius 2 is 1.89 bits per heavy atom. The molecule has 0 unspecified atom stereocenters. The van der Waals surface area contributed by atoms with Gasteiger partial charge in [-0.1, -0.05) is 20.8 Å². The minimum absolute atomic E-state index is 0.0779. The van der Waals surface area contributed by atoms with Crippen molar-refractivity contribution >= 4 is 11.8 Å². The highest BCUT2D eigenvalue weighted by molar-refractivity contribution is 5.82. The monoisotopic (exact) mass is 274 g/mol. The van der Waals surface area contributed by atoms with E-state index in [-0.39, 0.29) is 31.4 Å². The van der Waals surface area contributed by atoms with E-state index in [9.17, 15) is 9.59 Å². The van der Waals surface area contributed by atoms with Crippen LogP contribution in [0.25, 0.3) is 0 Å². The second-order valence-corrected chi connectivity index (χ2v) is 5.35. The van der Waals surface area contributed by atoms with Crippen LogP contribution in [0.15, 0.2) is 0 Å². The third-order valence-corrected chi connectivity index (χ3v) is 2.59. The summed E-state index contributed by atoms with van der Waals surface area (Å²) in [5.41, 5.74) is -0.454. The minimum Gasteiger partial charge on any atom is -0.395 e. The first kappa shape index (κ1) is 17.9. The fourth-order valence-electron chi connectivity index (χ4n) is 1.39. The van der Waals surface area contributed by atoms with Crippen LogP contribution < -0.4 is 5.32 Å². The zero-order valence-corrected chi connectivity index (χ0v) is 12.4. The van der Waals surface area contributed by atoms with E-state index < -0.39 is 5.41 Å². The summed E-state index contributed by atoms with van der Waals surface area (Å²) in [5.74, 6) is -0.175. The molecule has 0 aromatic rings. The Kier molecular flexibility index (Phi) is 8.34. The quantitative estimate of drug-likeness (QED) is 0.653.